The van der Waals surface area contributed by atoms with E-state index in [9.17, 15) is 8.42 Å². The number of rotatable bonds is 2. The molecule has 3 unspecified atom stereocenters. The lowest BCUT2D eigenvalue weighted by Crippen LogP contribution is -2.42. The number of hydrogen-bond donors (Lipinski definition) is 1. The van der Waals surface area contributed by atoms with Crippen LogP contribution < -0.4 is 5.32 Å². The van der Waals surface area contributed by atoms with E-state index in [1.807, 2.05) is 7.05 Å². The predicted octanol–water partition coefficient (Wildman–Crippen LogP) is 1.12. The van der Waals surface area contributed by atoms with E-state index >= 15 is 0 Å². The molecule has 3 aliphatic rings. The third-order valence-electron chi connectivity index (χ3n) is 5.36. The third-order valence-corrected chi connectivity index (χ3v) is 7.20. The fourth-order valence-corrected chi connectivity index (χ4v) is 6.04. The molecule has 2 saturated heterocycles. The van der Waals surface area contributed by atoms with Gasteiger partial charge in [-0.15, -0.1) is 0 Å². The molecule has 0 aromatic heterocycles. The third kappa shape index (κ3) is 3.52. The second-order valence-corrected chi connectivity index (χ2v) is 9.14. The molecule has 3 atom stereocenters. The molecule has 0 radical (unpaired) electrons. The van der Waals surface area contributed by atoms with Gasteiger partial charge in [0.25, 0.3) is 0 Å². The first-order valence-corrected chi connectivity index (χ1v) is 10.1. The zero-order chi connectivity index (χ0) is 14.9. The number of likely N-dealkylation sites (tertiary alicyclic amines) is 1. The molecular weight excluding hydrogens is 286 g/mol. The highest BCUT2D eigenvalue weighted by atomic mass is 32.2. The Kier molecular flexibility index (Phi) is 4.43. The lowest BCUT2D eigenvalue weighted by Gasteiger charge is -2.22. The van der Waals surface area contributed by atoms with Crippen molar-refractivity contribution >= 4 is 15.8 Å². The molecule has 3 fully saturated rings. The maximum atomic E-state index is 11.5. The van der Waals surface area contributed by atoms with Crippen molar-refractivity contribution in [2.45, 2.75) is 32.1 Å². The topological polar surface area (TPSA) is 61.8 Å². The Balaban J connectivity index is 1.52. The Labute approximate surface area is 128 Å². The van der Waals surface area contributed by atoms with Crippen molar-refractivity contribution in [2.75, 3.05) is 38.2 Å². The summed E-state index contributed by atoms with van der Waals surface area (Å²) in [5.41, 5.74) is 0. The van der Waals surface area contributed by atoms with Crippen molar-refractivity contribution in [2.24, 2.45) is 22.7 Å². The van der Waals surface area contributed by atoms with E-state index in [1.165, 1.54) is 25.7 Å². The Morgan fingerprint density at radius 2 is 1.86 bits per heavy atom. The smallest absolute Gasteiger partial charge is 0.193 e. The first-order chi connectivity index (χ1) is 10.1. The van der Waals surface area contributed by atoms with Crippen molar-refractivity contribution < 1.29 is 8.42 Å². The van der Waals surface area contributed by atoms with Crippen LogP contribution in [0.15, 0.2) is 4.99 Å². The van der Waals surface area contributed by atoms with Gasteiger partial charge in [-0.2, -0.15) is 0 Å². The number of aliphatic imine (C=N–C) groups is 1. The van der Waals surface area contributed by atoms with Gasteiger partial charge in [-0.05, 0) is 37.0 Å². The standard InChI is InChI=1S/C15H27N3O2S/c1-16-15(17-8-12-6-7-21(19,20)11-12)18-9-13-4-2-3-5-14(13)10-18/h12-14H,2-11H2,1H3,(H,16,17). The van der Waals surface area contributed by atoms with Gasteiger partial charge in [0, 0.05) is 26.7 Å². The van der Waals surface area contributed by atoms with Crippen LogP contribution >= 0.6 is 0 Å². The van der Waals surface area contributed by atoms with Gasteiger partial charge in [0.15, 0.2) is 15.8 Å². The van der Waals surface area contributed by atoms with Crippen LogP contribution in [0.2, 0.25) is 0 Å². The van der Waals surface area contributed by atoms with E-state index in [0.717, 1.165) is 43.9 Å². The Morgan fingerprint density at radius 3 is 2.38 bits per heavy atom. The monoisotopic (exact) mass is 313 g/mol. The normalized spacial score (nSPS) is 35.8. The molecule has 21 heavy (non-hydrogen) atoms. The molecule has 2 heterocycles. The summed E-state index contributed by atoms with van der Waals surface area (Å²) in [6.07, 6.45) is 6.26. The molecule has 1 N–H and O–H groups in total. The molecule has 1 aliphatic carbocycles. The molecule has 0 bridgehead atoms. The van der Waals surface area contributed by atoms with E-state index in [0.29, 0.717) is 11.5 Å². The summed E-state index contributed by atoms with van der Waals surface area (Å²) in [6, 6.07) is 0. The van der Waals surface area contributed by atoms with Crippen molar-refractivity contribution in [1.29, 1.82) is 0 Å². The molecule has 6 heteroatoms. The van der Waals surface area contributed by atoms with Crippen LogP contribution in [0.25, 0.3) is 0 Å². The fraction of sp³-hybridized carbons (Fsp3) is 0.933. The number of fused-ring (bicyclic) bond motifs is 1. The Hall–Kier alpha value is -0.780. The number of nitrogens with zero attached hydrogens (tertiary/aromatic N) is 2. The molecule has 0 aromatic rings. The van der Waals surface area contributed by atoms with Crippen LogP contribution in [0, 0.1) is 17.8 Å². The molecule has 3 rings (SSSR count). The molecule has 120 valence electrons. The second-order valence-electron chi connectivity index (χ2n) is 6.91. The number of hydrogen-bond acceptors (Lipinski definition) is 3. The predicted molar refractivity (Wildman–Crippen MR) is 85.1 cm³/mol. The van der Waals surface area contributed by atoms with Gasteiger partial charge in [0.1, 0.15) is 0 Å². The van der Waals surface area contributed by atoms with Crippen LogP contribution in [0.5, 0.6) is 0 Å². The lowest BCUT2D eigenvalue weighted by molar-refractivity contribution is 0.299. The average molecular weight is 313 g/mol. The zero-order valence-corrected chi connectivity index (χ0v) is 13.7. The maximum absolute atomic E-state index is 11.5. The highest BCUT2D eigenvalue weighted by Crippen LogP contribution is 2.35. The van der Waals surface area contributed by atoms with Crippen LogP contribution in [-0.4, -0.2) is 57.5 Å². The molecule has 1 saturated carbocycles. The summed E-state index contributed by atoms with van der Waals surface area (Å²) in [7, 11) is -0.951. The minimum atomic E-state index is -2.78. The first kappa shape index (κ1) is 15.1. The molecular formula is C15H27N3O2S. The van der Waals surface area contributed by atoms with Crippen molar-refractivity contribution in [3.8, 4) is 0 Å². The van der Waals surface area contributed by atoms with Crippen LogP contribution in [0.4, 0.5) is 0 Å². The van der Waals surface area contributed by atoms with Gasteiger partial charge in [0.05, 0.1) is 11.5 Å². The molecule has 2 aliphatic heterocycles. The SMILES string of the molecule is CN=C(NCC1CCS(=O)(=O)C1)N1CC2CCCCC2C1. The van der Waals surface area contributed by atoms with Crippen LogP contribution in [0.3, 0.4) is 0 Å². The van der Waals surface area contributed by atoms with Crippen LogP contribution in [-0.2, 0) is 9.84 Å². The first-order valence-electron chi connectivity index (χ1n) is 8.23. The van der Waals surface area contributed by atoms with Gasteiger partial charge in [0.2, 0.25) is 0 Å². The van der Waals surface area contributed by atoms with E-state index in [2.05, 4.69) is 15.2 Å². The summed E-state index contributed by atoms with van der Waals surface area (Å²) in [4.78, 5) is 6.79. The van der Waals surface area contributed by atoms with E-state index in [-0.39, 0.29) is 5.92 Å². The van der Waals surface area contributed by atoms with Gasteiger partial charge in [-0.25, -0.2) is 8.42 Å². The molecule has 5 nitrogen and oxygen atoms in total. The highest BCUT2D eigenvalue weighted by molar-refractivity contribution is 7.91. The summed E-state index contributed by atoms with van der Waals surface area (Å²) in [5, 5.41) is 3.41. The van der Waals surface area contributed by atoms with Crippen LogP contribution in [0.1, 0.15) is 32.1 Å². The maximum Gasteiger partial charge on any atom is 0.193 e. The molecule has 0 amide bonds. The average Bonchev–Trinajstić information content (AvgIpc) is 3.02. The summed E-state index contributed by atoms with van der Waals surface area (Å²) < 4.78 is 23.0. The lowest BCUT2D eigenvalue weighted by atomic mass is 9.82. The van der Waals surface area contributed by atoms with E-state index in [4.69, 9.17) is 0 Å². The van der Waals surface area contributed by atoms with Gasteiger partial charge < -0.3 is 10.2 Å². The van der Waals surface area contributed by atoms with E-state index in [1.54, 1.807) is 0 Å². The van der Waals surface area contributed by atoms with Gasteiger partial charge >= 0.3 is 0 Å². The Morgan fingerprint density at radius 1 is 1.19 bits per heavy atom. The minimum Gasteiger partial charge on any atom is -0.356 e. The van der Waals surface area contributed by atoms with Gasteiger partial charge in [-0.3, -0.25) is 4.99 Å². The molecule has 0 aromatic carbocycles. The quantitative estimate of drug-likeness (QED) is 0.613. The summed E-state index contributed by atoms with van der Waals surface area (Å²) in [6.45, 7) is 2.97. The van der Waals surface area contributed by atoms with Crippen molar-refractivity contribution in [3.63, 3.8) is 0 Å². The van der Waals surface area contributed by atoms with Crippen molar-refractivity contribution in [1.82, 2.24) is 10.2 Å². The highest BCUT2D eigenvalue weighted by Gasteiger charge is 2.36. The number of sulfone groups is 1. The summed E-state index contributed by atoms with van der Waals surface area (Å²) >= 11 is 0. The fourth-order valence-electron chi connectivity index (χ4n) is 4.18. The minimum absolute atomic E-state index is 0.247. The summed E-state index contributed by atoms with van der Waals surface area (Å²) in [5.74, 6) is 3.58. The zero-order valence-electron chi connectivity index (χ0n) is 12.9. The van der Waals surface area contributed by atoms with Crippen molar-refractivity contribution in [3.05, 3.63) is 0 Å². The number of guanidine groups is 1. The Bertz CT molecular complexity index is 489. The number of nitrogens with one attached hydrogen (secondary N) is 1. The molecule has 0 spiro atoms. The van der Waals surface area contributed by atoms with E-state index < -0.39 is 9.84 Å². The largest absolute Gasteiger partial charge is 0.356 e. The second kappa shape index (κ2) is 6.15. The van der Waals surface area contributed by atoms with Gasteiger partial charge in [-0.1, -0.05) is 12.8 Å².